The van der Waals surface area contributed by atoms with Gasteiger partial charge in [-0.3, -0.25) is 0 Å². The van der Waals surface area contributed by atoms with E-state index >= 15 is 0 Å². The van der Waals surface area contributed by atoms with Crippen LogP contribution in [0, 0.1) is 12.3 Å². The highest BCUT2D eigenvalue weighted by Crippen LogP contribution is 2.22. The molecule has 0 bridgehead atoms. The molecule has 1 unspecified atom stereocenters. The summed E-state index contributed by atoms with van der Waals surface area (Å²) in [7, 11) is 0. The highest BCUT2D eigenvalue weighted by atomic mass is 14.1. The van der Waals surface area contributed by atoms with E-state index in [9.17, 15) is 0 Å². The highest BCUT2D eigenvalue weighted by Gasteiger charge is 2.07. The fraction of sp³-hybridized carbons (Fsp3) is 0.556. The molecule has 0 heteroatoms. The minimum atomic E-state index is 0.301. The second-order valence-corrected chi connectivity index (χ2v) is 5.06. The van der Waals surface area contributed by atoms with Crippen molar-refractivity contribution in [2.24, 2.45) is 0 Å². The lowest BCUT2D eigenvalue weighted by Gasteiger charge is -2.11. The zero-order valence-electron chi connectivity index (χ0n) is 11.9. The van der Waals surface area contributed by atoms with Gasteiger partial charge in [0, 0.05) is 5.92 Å². The SMILES string of the molecule is C#CC(CCCC)c1ccc(CCCCC)cc1. The van der Waals surface area contributed by atoms with Crippen molar-refractivity contribution in [2.45, 2.75) is 64.7 Å². The largest absolute Gasteiger partial charge is 0.119 e. The first-order valence-electron chi connectivity index (χ1n) is 7.36. The predicted molar refractivity (Wildman–Crippen MR) is 80.8 cm³/mol. The fourth-order valence-electron chi connectivity index (χ4n) is 2.25. The molecular weight excluding hydrogens is 216 g/mol. The van der Waals surface area contributed by atoms with Gasteiger partial charge in [-0.05, 0) is 30.4 Å². The number of unbranched alkanes of at least 4 members (excludes halogenated alkanes) is 3. The molecule has 0 saturated carbocycles. The van der Waals surface area contributed by atoms with Crippen LogP contribution in [0.1, 0.15) is 69.4 Å². The summed E-state index contributed by atoms with van der Waals surface area (Å²) in [5.74, 6) is 3.23. The smallest absolute Gasteiger partial charge is 0.0449 e. The van der Waals surface area contributed by atoms with Crippen LogP contribution < -0.4 is 0 Å². The number of terminal acetylenes is 1. The van der Waals surface area contributed by atoms with Gasteiger partial charge in [-0.1, -0.05) is 69.7 Å². The van der Waals surface area contributed by atoms with E-state index in [-0.39, 0.29) is 0 Å². The molecule has 1 rings (SSSR count). The van der Waals surface area contributed by atoms with E-state index in [4.69, 9.17) is 6.42 Å². The Morgan fingerprint density at radius 1 is 1.00 bits per heavy atom. The third kappa shape index (κ3) is 4.96. The van der Waals surface area contributed by atoms with Gasteiger partial charge in [0.05, 0.1) is 0 Å². The molecule has 0 aromatic heterocycles. The number of hydrogen-bond donors (Lipinski definition) is 0. The van der Waals surface area contributed by atoms with E-state index < -0.39 is 0 Å². The zero-order valence-corrected chi connectivity index (χ0v) is 11.9. The fourth-order valence-corrected chi connectivity index (χ4v) is 2.25. The van der Waals surface area contributed by atoms with Crippen LogP contribution in [0.3, 0.4) is 0 Å². The van der Waals surface area contributed by atoms with Gasteiger partial charge in [-0.2, -0.15) is 0 Å². The monoisotopic (exact) mass is 242 g/mol. The van der Waals surface area contributed by atoms with Crippen LogP contribution in [0.5, 0.6) is 0 Å². The Morgan fingerprint density at radius 2 is 1.67 bits per heavy atom. The number of aryl methyl sites for hydroxylation is 1. The van der Waals surface area contributed by atoms with Gasteiger partial charge in [-0.25, -0.2) is 0 Å². The van der Waals surface area contributed by atoms with E-state index in [0.717, 1.165) is 6.42 Å². The molecule has 1 atom stereocenters. The van der Waals surface area contributed by atoms with Crippen LogP contribution in [0.25, 0.3) is 0 Å². The van der Waals surface area contributed by atoms with Crippen molar-refractivity contribution in [3.8, 4) is 12.3 Å². The second kappa shape index (κ2) is 8.81. The molecule has 0 aliphatic rings. The maximum atomic E-state index is 5.63. The first-order chi connectivity index (χ1) is 8.81. The first-order valence-corrected chi connectivity index (χ1v) is 7.36. The van der Waals surface area contributed by atoms with Crippen molar-refractivity contribution in [3.05, 3.63) is 35.4 Å². The summed E-state index contributed by atoms with van der Waals surface area (Å²) >= 11 is 0. The quantitative estimate of drug-likeness (QED) is 0.427. The third-order valence-corrected chi connectivity index (χ3v) is 3.50. The normalized spacial score (nSPS) is 12.1. The van der Waals surface area contributed by atoms with Crippen LogP contribution in [-0.2, 0) is 6.42 Å². The van der Waals surface area contributed by atoms with Gasteiger partial charge in [0.1, 0.15) is 0 Å². The van der Waals surface area contributed by atoms with Gasteiger partial charge >= 0.3 is 0 Å². The molecule has 1 aromatic rings. The Kier molecular flexibility index (Phi) is 7.26. The molecule has 0 nitrogen and oxygen atoms in total. The van der Waals surface area contributed by atoms with Crippen molar-refractivity contribution in [3.63, 3.8) is 0 Å². The number of benzene rings is 1. The molecule has 0 fully saturated rings. The molecule has 0 radical (unpaired) electrons. The molecule has 0 amide bonds. The van der Waals surface area contributed by atoms with E-state index in [1.807, 2.05) is 0 Å². The van der Waals surface area contributed by atoms with Crippen molar-refractivity contribution in [1.82, 2.24) is 0 Å². The average Bonchev–Trinajstić information content (AvgIpc) is 2.41. The molecule has 0 N–H and O–H groups in total. The Hall–Kier alpha value is -1.22. The lowest BCUT2D eigenvalue weighted by atomic mass is 9.93. The summed E-state index contributed by atoms with van der Waals surface area (Å²) in [5, 5.41) is 0. The summed E-state index contributed by atoms with van der Waals surface area (Å²) in [5.41, 5.74) is 2.75. The summed E-state index contributed by atoms with van der Waals surface area (Å²) in [6.07, 6.45) is 14.3. The molecule has 0 aliphatic carbocycles. The predicted octanol–water partition coefficient (Wildman–Crippen LogP) is 5.33. The maximum absolute atomic E-state index is 5.63. The van der Waals surface area contributed by atoms with Crippen LogP contribution in [0.4, 0.5) is 0 Å². The molecule has 0 aliphatic heterocycles. The third-order valence-electron chi connectivity index (χ3n) is 3.50. The summed E-state index contributed by atoms with van der Waals surface area (Å²) in [6, 6.07) is 8.95. The van der Waals surface area contributed by atoms with Gasteiger partial charge < -0.3 is 0 Å². The lowest BCUT2D eigenvalue weighted by Crippen LogP contribution is -1.96. The number of hydrogen-bond acceptors (Lipinski definition) is 0. The van der Waals surface area contributed by atoms with E-state index in [1.165, 1.54) is 49.7 Å². The van der Waals surface area contributed by atoms with E-state index in [1.54, 1.807) is 0 Å². The van der Waals surface area contributed by atoms with Crippen LogP contribution in [0.2, 0.25) is 0 Å². The van der Waals surface area contributed by atoms with E-state index in [2.05, 4.69) is 44.0 Å². The molecule has 0 spiro atoms. The summed E-state index contributed by atoms with van der Waals surface area (Å²) in [6.45, 7) is 4.46. The minimum Gasteiger partial charge on any atom is -0.119 e. The van der Waals surface area contributed by atoms with E-state index in [0.29, 0.717) is 5.92 Å². The Balaban J connectivity index is 2.55. The van der Waals surface area contributed by atoms with Crippen molar-refractivity contribution >= 4 is 0 Å². The van der Waals surface area contributed by atoms with Gasteiger partial charge in [0.15, 0.2) is 0 Å². The van der Waals surface area contributed by atoms with Crippen LogP contribution >= 0.6 is 0 Å². The van der Waals surface area contributed by atoms with Gasteiger partial charge in [-0.15, -0.1) is 6.42 Å². The van der Waals surface area contributed by atoms with Crippen molar-refractivity contribution < 1.29 is 0 Å². The Bertz CT molecular complexity index is 353. The molecule has 0 saturated heterocycles. The van der Waals surface area contributed by atoms with Gasteiger partial charge in [0.25, 0.3) is 0 Å². The van der Waals surface area contributed by atoms with Crippen molar-refractivity contribution in [1.29, 1.82) is 0 Å². The Morgan fingerprint density at radius 3 is 2.22 bits per heavy atom. The molecule has 1 aromatic carbocycles. The second-order valence-electron chi connectivity index (χ2n) is 5.06. The minimum absolute atomic E-state index is 0.301. The van der Waals surface area contributed by atoms with Crippen LogP contribution in [0.15, 0.2) is 24.3 Å². The van der Waals surface area contributed by atoms with Crippen LogP contribution in [-0.4, -0.2) is 0 Å². The molecule has 18 heavy (non-hydrogen) atoms. The highest BCUT2D eigenvalue weighted by molar-refractivity contribution is 5.30. The molecule has 0 heterocycles. The zero-order chi connectivity index (χ0) is 13.2. The lowest BCUT2D eigenvalue weighted by molar-refractivity contribution is 0.675. The van der Waals surface area contributed by atoms with Crippen molar-refractivity contribution in [2.75, 3.05) is 0 Å². The topological polar surface area (TPSA) is 0 Å². The molecule has 98 valence electrons. The Labute approximate surface area is 113 Å². The standard InChI is InChI=1S/C18H26/c1-4-7-9-10-16-12-14-18(15-13-16)17(6-3)11-8-5-2/h3,12-15,17H,4-5,7-11H2,1-2H3. The van der Waals surface area contributed by atoms with Gasteiger partial charge in [0.2, 0.25) is 0 Å². The molecular formula is C18H26. The maximum Gasteiger partial charge on any atom is 0.0449 e. The first kappa shape index (κ1) is 14.8. The number of rotatable bonds is 8. The average molecular weight is 242 g/mol. The summed E-state index contributed by atoms with van der Waals surface area (Å²) in [4.78, 5) is 0. The summed E-state index contributed by atoms with van der Waals surface area (Å²) < 4.78 is 0.